The molecular weight excluding hydrogens is 735 g/mol. The molecule has 11 nitrogen and oxygen atoms in total. The molecule has 0 aliphatic carbocycles. The Balaban J connectivity index is 1.66. The largest absolute Gasteiger partial charge is 0.460 e. The molecule has 1 aliphatic heterocycles. The quantitative estimate of drug-likeness (QED) is 0.131. The van der Waals surface area contributed by atoms with Crippen molar-refractivity contribution < 1.29 is 38.1 Å². The number of hydrogen-bond acceptors (Lipinski definition) is 9. The molecule has 2 amide bonds. The zero-order chi connectivity index (χ0) is 43.5. The molecule has 2 aromatic carbocycles. The fraction of sp³-hybridized carbons (Fsp3) is 0.660. The Hall–Kier alpha value is -4.12. The van der Waals surface area contributed by atoms with Gasteiger partial charge in [-0.2, -0.15) is 0 Å². The van der Waals surface area contributed by atoms with E-state index in [4.69, 9.17) is 18.9 Å². The summed E-state index contributed by atoms with van der Waals surface area (Å²) in [5, 5.41) is 3.57. The summed E-state index contributed by atoms with van der Waals surface area (Å²) < 4.78 is 22.9. The zero-order valence-electron chi connectivity index (χ0n) is 37.8. The minimum atomic E-state index is -0.627. The van der Waals surface area contributed by atoms with Gasteiger partial charge >= 0.3 is 24.1 Å². The molecule has 0 bridgehead atoms. The molecular formula is C47H73N3O8. The van der Waals surface area contributed by atoms with Gasteiger partial charge in [0.2, 0.25) is 0 Å². The molecule has 0 unspecified atom stereocenters. The molecule has 324 valence electrons. The molecule has 58 heavy (non-hydrogen) atoms. The number of nitrogens with zero attached hydrogens (tertiary/aromatic N) is 2. The summed E-state index contributed by atoms with van der Waals surface area (Å²) in [4.78, 5) is 55.9. The maximum atomic E-state index is 13.6. The summed E-state index contributed by atoms with van der Waals surface area (Å²) in [5.41, 5.74) is 1.86. The number of rotatable bonds is 16. The van der Waals surface area contributed by atoms with E-state index >= 15 is 0 Å². The number of amides is 2. The summed E-state index contributed by atoms with van der Waals surface area (Å²) in [6.45, 7) is 27.6. The van der Waals surface area contributed by atoms with Crippen LogP contribution in [-0.2, 0) is 54.5 Å². The minimum Gasteiger partial charge on any atom is -0.460 e. The summed E-state index contributed by atoms with van der Waals surface area (Å²) in [6.07, 6.45) is 2.25. The molecule has 0 radical (unpaired) electrons. The zero-order valence-corrected chi connectivity index (χ0v) is 37.8. The van der Waals surface area contributed by atoms with Crippen LogP contribution < -0.4 is 5.32 Å². The standard InChI is InChI=1S/C47H73N3O8/c1-14-49(42(53)57-46(8,9)10)24-17-22-37(40(51)55-44(2,3)4)28-33-18-15-20-35(26-33)30-48-31-36-21-16-19-34(27-36)29-39(41(52)56-45(5,6)7)38-23-25-50(32-38)43(54)58-47(11,12)13/h15-16,18-21,26-27,37-39,48H,14,17,22-25,28-32H2,1-13H3/t37-,38+,39+/m1/s1. The van der Waals surface area contributed by atoms with Crippen LogP contribution in [0.4, 0.5) is 9.59 Å². The van der Waals surface area contributed by atoms with Crippen molar-refractivity contribution in [3.8, 4) is 0 Å². The third kappa shape index (κ3) is 17.8. The highest BCUT2D eigenvalue weighted by Crippen LogP contribution is 2.31. The number of carbonyl (C=O) groups excluding carboxylic acids is 4. The van der Waals surface area contributed by atoms with Gasteiger partial charge in [-0.05, 0) is 150 Å². The second-order valence-corrected chi connectivity index (χ2v) is 19.7. The lowest BCUT2D eigenvalue weighted by Crippen LogP contribution is -2.38. The van der Waals surface area contributed by atoms with E-state index < -0.39 is 28.3 Å². The van der Waals surface area contributed by atoms with E-state index in [9.17, 15) is 19.2 Å². The first-order valence-corrected chi connectivity index (χ1v) is 21.1. The van der Waals surface area contributed by atoms with E-state index in [1.165, 1.54) is 0 Å². The Bertz CT molecular complexity index is 1660. The van der Waals surface area contributed by atoms with Crippen molar-refractivity contribution in [2.24, 2.45) is 17.8 Å². The molecule has 3 rings (SSSR count). The van der Waals surface area contributed by atoms with Gasteiger partial charge < -0.3 is 34.1 Å². The number of esters is 2. The highest BCUT2D eigenvalue weighted by atomic mass is 16.6. The molecule has 0 aromatic heterocycles. The second-order valence-electron chi connectivity index (χ2n) is 19.7. The van der Waals surface area contributed by atoms with Gasteiger partial charge in [-0.1, -0.05) is 48.5 Å². The first-order valence-electron chi connectivity index (χ1n) is 21.1. The molecule has 2 aromatic rings. The molecule has 11 heteroatoms. The van der Waals surface area contributed by atoms with Crippen LogP contribution in [0.15, 0.2) is 48.5 Å². The third-order valence-corrected chi connectivity index (χ3v) is 9.49. The summed E-state index contributed by atoms with van der Waals surface area (Å²) in [5.74, 6) is -1.30. The second kappa shape index (κ2) is 20.7. The van der Waals surface area contributed by atoms with Gasteiger partial charge in [0.05, 0.1) is 11.8 Å². The number of likely N-dealkylation sites (tertiary alicyclic amines) is 1. The third-order valence-electron chi connectivity index (χ3n) is 9.49. The van der Waals surface area contributed by atoms with Crippen LogP contribution in [-0.4, -0.2) is 82.5 Å². The number of carbonyl (C=O) groups is 4. The van der Waals surface area contributed by atoms with E-state index in [1.807, 2.05) is 114 Å². The van der Waals surface area contributed by atoms with Crippen LogP contribution >= 0.6 is 0 Å². The van der Waals surface area contributed by atoms with Crippen molar-refractivity contribution in [1.82, 2.24) is 15.1 Å². The SMILES string of the molecule is CCN(CCC[C@H](Cc1cccc(CNCc2cccc(C[C@H](C(=O)OC(C)(C)C)[C@H]3CCN(C(=O)OC(C)(C)C)C3)c2)c1)C(=O)OC(C)(C)C)C(=O)OC(C)(C)C. The van der Waals surface area contributed by atoms with E-state index in [0.717, 1.165) is 22.3 Å². The van der Waals surface area contributed by atoms with Gasteiger partial charge in [-0.3, -0.25) is 9.59 Å². The number of nitrogens with one attached hydrogen (secondary N) is 1. The molecule has 1 aliphatic rings. The predicted octanol–water partition coefficient (Wildman–Crippen LogP) is 9.27. The summed E-state index contributed by atoms with van der Waals surface area (Å²) in [6, 6.07) is 16.5. The monoisotopic (exact) mass is 808 g/mol. The number of ether oxygens (including phenoxy) is 4. The first-order chi connectivity index (χ1) is 26.8. The lowest BCUT2D eigenvalue weighted by atomic mass is 9.85. The van der Waals surface area contributed by atoms with Crippen LogP contribution in [0.1, 0.15) is 132 Å². The fourth-order valence-electron chi connectivity index (χ4n) is 6.97. The summed E-state index contributed by atoms with van der Waals surface area (Å²) >= 11 is 0. The van der Waals surface area contributed by atoms with E-state index in [2.05, 4.69) is 29.6 Å². The van der Waals surface area contributed by atoms with E-state index in [-0.39, 0.29) is 36.0 Å². The Morgan fingerprint density at radius 1 is 0.707 bits per heavy atom. The Morgan fingerprint density at radius 2 is 1.21 bits per heavy atom. The van der Waals surface area contributed by atoms with Gasteiger partial charge in [0.25, 0.3) is 0 Å². The molecule has 1 N–H and O–H groups in total. The Morgan fingerprint density at radius 3 is 1.72 bits per heavy atom. The highest BCUT2D eigenvalue weighted by Gasteiger charge is 2.39. The van der Waals surface area contributed by atoms with Gasteiger partial charge in [0, 0.05) is 39.3 Å². The lowest BCUT2D eigenvalue weighted by molar-refractivity contribution is -0.162. The van der Waals surface area contributed by atoms with Crippen molar-refractivity contribution >= 4 is 24.1 Å². The first kappa shape index (κ1) is 48.3. The average molecular weight is 808 g/mol. The normalized spacial score (nSPS) is 16.0. The topological polar surface area (TPSA) is 124 Å². The van der Waals surface area contributed by atoms with Crippen LogP contribution in [0, 0.1) is 17.8 Å². The maximum Gasteiger partial charge on any atom is 0.410 e. The van der Waals surface area contributed by atoms with Gasteiger partial charge in [-0.25, -0.2) is 9.59 Å². The van der Waals surface area contributed by atoms with Gasteiger partial charge in [0.1, 0.15) is 22.4 Å². The van der Waals surface area contributed by atoms with Gasteiger partial charge in [-0.15, -0.1) is 0 Å². The Labute approximate surface area is 348 Å². The van der Waals surface area contributed by atoms with Crippen molar-refractivity contribution in [3.63, 3.8) is 0 Å². The van der Waals surface area contributed by atoms with E-state index in [1.54, 1.807) is 9.80 Å². The molecule has 1 heterocycles. The maximum absolute atomic E-state index is 13.6. The van der Waals surface area contributed by atoms with Crippen LogP contribution in [0.5, 0.6) is 0 Å². The highest BCUT2D eigenvalue weighted by molar-refractivity contribution is 5.75. The smallest absolute Gasteiger partial charge is 0.410 e. The van der Waals surface area contributed by atoms with Crippen molar-refractivity contribution in [2.45, 2.75) is 158 Å². The molecule has 0 spiro atoms. The Kier molecular flexibility index (Phi) is 17.2. The fourth-order valence-corrected chi connectivity index (χ4v) is 6.97. The van der Waals surface area contributed by atoms with Crippen LogP contribution in [0.3, 0.4) is 0 Å². The number of hydrogen-bond donors (Lipinski definition) is 1. The number of benzene rings is 2. The van der Waals surface area contributed by atoms with Crippen LogP contribution in [0.25, 0.3) is 0 Å². The van der Waals surface area contributed by atoms with Crippen molar-refractivity contribution in [2.75, 3.05) is 26.2 Å². The minimum absolute atomic E-state index is 0.0467. The van der Waals surface area contributed by atoms with E-state index in [0.29, 0.717) is 71.4 Å². The molecule has 1 saturated heterocycles. The lowest BCUT2D eigenvalue weighted by Gasteiger charge is -2.28. The molecule has 0 saturated carbocycles. The van der Waals surface area contributed by atoms with Crippen molar-refractivity contribution in [1.29, 1.82) is 0 Å². The molecule has 3 atom stereocenters. The van der Waals surface area contributed by atoms with Crippen molar-refractivity contribution in [3.05, 3.63) is 70.8 Å². The average Bonchev–Trinajstić information content (AvgIpc) is 3.56. The predicted molar refractivity (Wildman–Crippen MR) is 228 cm³/mol. The van der Waals surface area contributed by atoms with Crippen LogP contribution in [0.2, 0.25) is 0 Å². The van der Waals surface area contributed by atoms with Gasteiger partial charge in [0.15, 0.2) is 0 Å². The summed E-state index contributed by atoms with van der Waals surface area (Å²) in [7, 11) is 0. The molecule has 1 fully saturated rings.